The molecule has 0 bridgehead atoms. The molecule has 0 saturated heterocycles. The monoisotopic (exact) mass is 463 g/mol. The van der Waals surface area contributed by atoms with E-state index in [-0.39, 0.29) is 22.3 Å². The van der Waals surface area contributed by atoms with Gasteiger partial charge in [-0.1, -0.05) is 48.5 Å². The Kier molecular flexibility index (Phi) is 4.92. The van der Waals surface area contributed by atoms with Crippen LogP contribution in [0.4, 0.5) is 10.1 Å². The molecule has 35 heavy (non-hydrogen) atoms. The lowest BCUT2D eigenvalue weighted by atomic mass is 9.98. The number of hydrogen-bond donors (Lipinski definition) is 0. The van der Waals surface area contributed by atoms with Crippen LogP contribution in [0.15, 0.2) is 112 Å². The van der Waals surface area contributed by atoms with Gasteiger partial charge in [-0.3, -0.25) is 14.5 Å². The Labute approximate surface area is 199 Å². The zero-order valence-electron chi connectivity index (χ0n) is 18.4. The zero-order chi connectivity index (χ0) is 23.9. The maximum Gasteiger partial charge on any atom is 0.295 e. The number of amides is 1. The third-order valence-corrected chi connectivity index (χ3v) is 6.02. The Morgan fingerprint density at radius 2 is 1.49 bits per heavy atom. The zero-order valence-corrected chi connectivity index (χ0v) is 18.4. The van der Waals surface area contributed by atoms with Crippen molar-refractivity contribution in [2.45, 2.75) is 6.04 Å². The number of benzene rings is 4. The molecule has 0 aliphatic carbocycles. The molecule has 5 nitrogen and oxygen atoms in total. The van der Waals surface area contributed by atoms with Gasteiger partial charge in [0.25, 0.3) is 5.91 Å². The SMILES string of the molecule is O=C1c2oc3ccc(F)cc3c(=O)c2C(c2cccc(Oc3ccccc3)c2)N1c1ccccc1. The normalized spacial score (nSPS) is 14.8. The second-order valence-corrected chi connectivity index (χ2v) is 8.22. The highest BCUT2D eigenvalue weighted by Crippen LogP contribution is 2.42. The standard InChI is InChI=1S/C29H18FNO4/c30-19-14-15-24-23(17-19)27(32)25-26(31(29(33)28(25)35-24)20-9-3-1-4-10-20)18-8-7-13-22(16-18)34-21-11-5-2-6-12-21/h1-17,26H. The minimum Gasteiger partial charge on any atom is -0.457 e. The van der Waals surface area contributed by atoms with Crippen LogP contribution >= 0.6 is 0 Å². The molecule has 0 N–H and O–H groups in total. The van der Waals surface area contributed by atoms with Gasteiger partial charge in [0.1, 0.15) is 22.9 Å². The molecule has 6 heteroatoms. The number of halogens is 1. The largest absolute Gasteiger partial charge is 0.457 e. The summed E-state index contributed by atoms with van der Waals surface area (Å²) in [6, 6.07) is 28.6. The van der Waals surface area contributed by atoms with Crippen molar-refractivity contribution in [1.82, 2.24) is 0 Å². The van der Waals surface area contributed by atoms with E-state index in [1.807, 2.05) is 60.7 Å². The van der Waals surface area contributed by atoms with Gasteiger partial charge in [-0.05, 0) is 60.2 Å². The van der Waals surface area contributed by atoms with E-state index >= 15 is 0 Å². The van der Waals surface area contributed by atoms with Crippen molar-refractivity contribution in [3.8, 4) is 11.5 Å². The fourth-order valence-electron chi connectivity index (χ4n) is 4.49. The molecule has 1 aromatic heterocycles. The molecule has 6 rings (SSSR count). The van der Waals surface area contributed by atoms with Gasteiger partial charge in [0.15, 0.2) is 5.43 Å². The Balaban J connectivity index is 1.56. The average Bonchev–Trinajstić information content (AvgIpc) is 3.18. The number of carbonyl (C=O) groups is 1. The van der Waals surface area contributed by atoms with E-state index in [0.29, 0.717) is 22.7 Å². The lowest BCUT2D eigenvalue weighted by Crippen LogP contribution is -2.29. The number of rotatable bonds is 4. The van der Waals surface area contributed by atoms with E-state index in [9.17, 15) is 14.0 Å². The summed E-state index contributed by atoms with van der Waals surface area (Å²) in [7, 11) is 0. The van der Waals surface area contributed by atoms with Crippen molar-refractivity contribution < 1.29 is 18.3 Å². The lowest BCUT2D eigenvalue weighted by Gasteiger charge is -2.25. The maximum atomic E-state index is 14.0. The molecule has 0 radical (unpaired) electrons. The Hall–Kier alpha value is -4.71. The smallest absolute Gasteiger partial charge is 0.295 e. The summed E-state index contributed by atoms with van der Waals surface area (Å²) in [6.45, 7) is 0. The van der Waals surface area contributed by atoms with E-state index in [0.717, 1.165) is 6.07 Å². The molecule has 4 aromatic carbocycles. The summed E-state index contributed by atoms with van der Waals surface area (Å²) in [5.41, 5.74) is 1.18. The molecule has 1 aliphatic heterocycles. The number of carbonyl (C=O) groups excluding carboxylic acids is 1. The number of hydrogen-bond acceptors (Lipinski definition) is 4. The van der Waals surface area contributed by atoms with E-state index < -0.39 is 23.2 Å². The van der Waals surface area contributed by atoms with Crippen LogP contribution in [0.2, 0.25) is 0 Å². The van der Waals surface area contributed by atoms with Gasteiger partial charge >= 0.3 is 0 Å². The van der Waals surface area contributed by atoms with Gasteiger partial charge in [0.2, 0.25) is 5.76 Å². The van der Waals surface area contributed by atoms with E-state index in [1.54, 1.807) is 24.3 Å². The predicted molar refractivity (Wildman–Crippen MR) is 130 cm³/mol. The van der Waals surface area contributed by atoms with E-state index in [1.165, 1.54) is 17.0 Å². The molecule has 1 unspecified atom stereocenters. The molecule has 1 atom stereocenters. The molecule has 0 fully saturated rings. The Morgan fingerprint density at radius 3 is 2.26 bits per heavy atom. The molecule has 1 amide bonds. The number of fused-ring (bicyclic) bond motifs is 2. The van der Waals surface area contributed by atoms with Crippen molar-refractivity contribution >= 4 is 22.6 Å². The molecule has 0 spiro atoms. The van der Waals surface area contributed by atoms with Crippen molar-refractivity contribution in [2.24, 2.45) is 0 Å². The molecule has 1 aliphatic rings. The topological polar surface area (TPSA) is 59.8 Å². The highest BCUT2D eigenvalue weighted by molar-refractivity contribution is 6.10. The minimum atomic E-state index is -0.775. The van der Waals surface area contributed by atoms with Gasteiger partial charge in [0.05, 0.1) is 17.0 Å². The number of anilines is 1. The predicted octanol–water partition coefficient (Wildman–Crippen LogP) is 6.47. The first-order valence-electron chi connectivity index (χ1n) is 11.1. The van der Waals surface area contributed by atoms with Crippen LogP contribution < -0.4 is 15.1 Å². The number of nitrogens with zero attached hydrogens (tertiary/aromatic N) is 1. The molecule has 0 saturated carbocycles. The second-order valence-electron chi connectivity index (χ2n) is 8.22. The first kappa shape index (κ1) is 20.9. The van der Waals surface area contributed by atoms with Crippen LogP contribution in [-0.4, -0.2) is 5.91 Å². The number of para-hydroxylation sites is 2. The van der Waals surface area contributed by atoms with Crippen LogP contribution in [0.25, 0.3) is 11.0 Å². The summed E-state index contributed by atoms with van der Waals surface area (Å²) >= 11 is 0. The average molecular weight is 463 g/mol. The van der Waals surface area contributed by atoms with Crippen molar-refractivity contribution in [3.63, 3.8) is 0 Å². The minimum absolute atomic E-state index is 0.0441. The first-order valence-corrected chi connectivity index (χ1v) is 11.1. The summed E-state index contributed by atoms with van der Waals surface area (Å²) in [4.78, 5) is 28.8. The summed E-state index contributed by atoms with van der Waals surface area (Å²) < 4.78 is 25.9. The van der Waals surface area contributed by atoms with Crippen LogP contribution in [0.3, 0.4) is 0 Å². The Morgan fingerprint density at radius 1 is 0.771 bits per heavy atom. The third-order valence-electron chi connectivity index (χ3n) is 6.02. The van der Waals surface area contributed by atoms with Crippen molar-refractivity contribution in [2.75, 3.05) is 4.90 Å². The van der Waals surface area contributed by atoms with Crippen LogP contribution in [0.5, 0.6) is 11.5 Å². The molecule has 2 heterocycles. The highest BCUT2D eigenvalue weighted by Gasteiger charge is 2.43. The maximum absolute atomic E-state index is 14.0. The molecular formula is C29H18FNO4. The van der Waals surface area contributed by atoms with E-state index in [4.69, 9.17) is 9.15 Å². The lowest BCUT2D eigenvalue weighted by molar-refractivity contribution is 0.0971. The fourth-order valence-corrected chi connectivity index (χ4v) is 4.49. The van der Waals surface area contributed by atoms with Crippen molar-refractivity contribution in [3.05, 3.63) is 136 Å². The summed E-state index contributed by atoms with van der Waals surface area (Å²) in [5.74, 6) is 0.183. The first-order chi connectivity index (χ1) is 17.1. The van der Waals surface area contributed by atoms with Gasteiger partial charge in [-0.25, -0.2) is 4.39 Å². The molecular weight excluding hydrogens is 445 g/mol. The molecule has 5 aromatic rings. The molecule has 170 valence electrons. The van der Waals surface area contributed by atoms with E-state index in [2.05, 4.69) is 0 Å². The van der Waals surface area contributed by atoms with Crippen LogP contribution in [0.1, 0.15) is 27.7 Å². The van der Waals surface area contributed by atoms with Gasteiger partial charge < -0.3 is 9.15 Å². The number of ether oxygens (including phenoxy) is 1. The Bertz CT molecular complexity index is 1630. The quantitative estimate of drug-likeness (QED) is 0.306. The van der Waals surface area contributed by atoms with Gasteiger partial charge in [-0.15, -0.1) is 0 Å². The van der Waals surface area contributed by atoms with Crippen LogP contribution in [-0.2, 0) is 0 Å². The highest BCUT2D eigenvalue weighted by atomic mass is 19.1. The second kappa shape index (κ2) is 8.25. The van der Waals surface area contributed by atoms with Crippen LogP contribution in [0, 0.1) is 5.82 Å². The van der Waals surface area contributed by atoms with Gasteiger partial charge in [-0.2, -0.15) is 0 Å². The third kappa shape index (κ3) is 3.56. The van der Waals surface area contributed by atoms with Crippen molar-refractivity contribution in [1.29, 1.82) is 0 Å². The summed E-state index contributed by atoms with van der Waals surface area (Å²) in [6.07, 6.45) is 0. The fraction of sp³-hybridized carbons (Fsp3) is 0.0345. The summed E-state index contributed by atoms with van der Waals surface area (Å²) in [5, 5.41) is 0.0909. The van der Waals surface area contributed by atoms with Gasteiger partial charge in [0, 0.05) is 5.69 Å².